The van der Waals surface area contributed by atoms with Gasteiger partial charge in [0, 0.05) is 50.7 Å². The lowest BCUT2D eigenvalue weighted by molar-refractivity contribution is 0.248. The highest BCUT2D eigenvalue weighted by molar-refractivity contribution is 7.80. The molecule has 1 saturated heterocycles. The molecule has 142 valence electrons. The van der Waals surface area contributed by atoms with E-state index in [9.17, 15) is 8.78 Å². The zero-order valence-corrected chi connectivity index (χ0v) is 15.4. The van der Waals surface area contributed by atoms with Gasteiger partial charge in [-0.1, -0.05) is 0 Å². The molecule has 1 fully saturated rings. The van der Waals surface area contributed by atoms with Gasteiger partial charge in [0.25, 0.3) is 0 Å². The van der Waals surface area contributed by atoms with Crippen molar-refractivity contribution in [2.45, 2.75) is 6.54 Å². The number of anilines is 1. The van der Waals surface area contributed by atoms with Gasteiger partial charge in [-0.15, -0.1) is 0 Å². The van der Waals surface area contributed by atoms with Crippen LogP contribution >= 0.6 is 12.2 Å². The molecule has 0 bridgehead atoms. The number of nitrogens with two attached hydrogens (primary N) is 1. The van der Waals surface area contributed by atoms with Crippen LogP contribution < -0.4 is 16.1 Å². The molecule has 0 saturated carbocycles. The summed E-state index contributed by atoms with van der Waals surface area (Å²) in [5.41, 5.74) is 9.05. The Labute approximate surface area is 161 Å². The highest BCUT2D eigenvalue weighted by Crippen LogP contribution is 2.26. The number of halogens is 2. The van der Waals surface area contributed by atoms with Gasteiger partial charge in [0.15, 0.2) is 5.11 Å². The third-order valence-corrected chi connectivity index (χ3v) is 4.36. The Kier molecular flexibility index (Phi) is 6.25. The lowest BCUT2D eigenvalue weighted by Crippen LogP contribution is -2.46. The molecule has 0 unspecified atom stereocenters. The predicted octanol–water partition coefficient (Wildman–Crippen LogP) is 1.85. The van der Waals surface area contributed by atoms with Crippen LogP contribution in [-0.4, -0.2) is 47.4 Å². The van der Waals surface area contributed by atoms with Crippen molar-refractivity contribution in [3.63, 3.8) is 0 Å². The van der Waals surface area contributed by atoms with Crippen LogP contribution in [0.4, 0.5) is 14.5 Å². The SMILES string of the molecule is NC(=S)N/N=C/c1cc(F)c(N2CCN(Cc3ccncc3)CC2)c(F)c1. The molecule has 3 N–H and O–H groups in total. The first-order valence-electron chi connectivity index (χ1n) is 8.46. The fourth-order valence-corrected chi connectivity index (χ4v) is 3.06. The molecule has 1 aromatic heterocycles. The van der Waals surface area contributed by atoms with Crippen molar-refractivity contribution >= 4 is 29.2 Å². The van der Waals surface area contributed by atoms with Gasteiger partial charge in [0.1, 0.15) is 17.3 Å². The van der Waals surface area contributed by atoms with Gasteiger partial charge in [-0.2, -0.15) is 5.10 Å². The maximum Gasteiger partial charge on any atom is 0.184 e. The van der Waals surface area contributed by atoms with Crippen LogP contribution in [0.25, 0.3) is 0 Å². The number of piperazine rings is 1. The van der Waals surface area contributed by atoms with Crippen molar-refractivity contribution in [3.05, 3.63) is 59.4 Å². The Balaban J connectivity index is 1.63. The molecule has 0 spiro atoms. The van der Waals surface area contributed by atoms with E-state index in [0.717, 1.165) is 19.6 Å². The summed E-state index contributed by atoms with van der Waals surface area (Å²) in [5, 5.41) is 3.70. The summed E-state index contributed by atoms with van der Waals surface area (Å²) in [6.45, 7) is 3.35. The number of hydrogen-bond acceptors (Lipinski definition) is 5. The first kappa shape index (κ1) is 19.1. The minimum Gasteiger partial charge on any atom is -0.375 e. The molecule has 0 atom stereocenters. The number of thiocarbonyl (C=S) groups is 1. The van der Waals surface area contributed by atoms with E-state index in [1.165, 1.54) is 23.9 Å². The van der Waals surface area contributed by atoms with Crippen LogP contribution in [0.2, 0.25) is 0 Å². The Hall–Kier alpha value is -2.65. The average Bonchev–Trinajstić information content (AvgIpc) is 2.63. The summed E-state index contributed by atoms with van der Waals surface area (Å²) >= 11 is 4.61. The zero-order chi connectivity index (χ0) is 19.2. The summed E-state index contributed by atoms with van der Waals surface area (Å²) in [4.78, 5) is 8.00. The van der Waals surface area contributed by atoms with Gasteiger partial charge < -0.3 is 10.6 Å². The Morgan fingerprint density at radius 2 is 1.81 bits per heavy atom. The van der Waals surface area contributed by atoms with E-state index in [0.29, 0.717) is 13.1 Å². The lowest BCUT2D eigenvalue weighted by Gasteiger charge is -2.36. The van der Waals surface area contributed by atoms with Gasteiger partial charge in [0.2, 0.25) is 0 Å². The average molecular weight is 390 g/mol. The van der Waals surface area contributed by atoms with Crippen LogP contribution in [0.5, 0.6) is 0 Å². The molecular formula is C18H20F2N6S. The number of benzene rings is 1. The standard InChI is InChI=1S/C18H20F2N6S/c19-15-9-14(11-23-24-18(21)27)10-16(20)17(15)26-7-5-25(6-8-26)12-13-1-3-22-4-2-13/h1-4,9-11H,5-8,12H2,(H3,21,24,27)/b23-11+. The Morgan fingerprint density at radius 3 is 2.41 bits per heavy atom. The fraction of sp³-hybridized carbons (Fsp3) is 0.278. The summed E-state index contributed by atoms with van der Waals surface area (Å²) in [5.74, 6) is -1.23. The first-order valence-corrected chi connectivity index (χ1v) is 8.87. The number of hydrazone groups is 1. The maximum atomic E-state index is 14.5. The monoisotopic (exact) mass is 390 g/mol. The van der Waals surface area contributed by atoms with Crippen LogP contribution in [-0.2, 0) is 6.54 Å². The third-order valence-electron chi connectivity index (χ3n) is 4.27. The van der Waals surface area contributed by atoms with Gasteiger partial charge >= 0.3 is 0 Å². The molecule has 0 amide bonds. The van der Waals surface area contributed by atoms with Crippen molar-refractivity contribution in [3.8, 4) is 0 Å². The van der Waals surface area contributed by atoms with E-state index in [1.807, 2.05) is 12.1 Å². The van der Waals surface area contributed by atoms with E-state index in [1.54, 1.807) is 17.3 Å². The summed E-state index contributed by atoms with van der Waals surface area (Å²) in [6.07, 6.45) is 4.79. The molecule has 1 aromatic carbocycles. The normalized spacial score (nSPS) is 15.3. The molecule has 0 radical (unpaired) electrons. The quantitative estimate of drug-likeness (QED) is 0.461. The van der Waals surface area contributed by atoms with Crippen LogP contribution in [0, 0.1) is 11.6 Å². The molecule has 9 heteroatoms. The second kappa shape index (κ2) is 8.83. The van der Waals surface area contributed by atoms with Crippen molar-refractivity contribution in [2.24, 2.45) is 10.8 Å². The number of rotatable bonds is 5. The smallest absolute Gasteiger partial charge is 0.184 e. The molecule has 6 nitrogen and oxygen atoms in total. The van der Waals surface area contributed by atoms with E-state index in [2.05, 4.69) is 32.6 Å². The third kappa shape index (κ3) is 5.18. The lowest BCUT2D eigenvalue weighted by atomic mass is 10.1. The summed E-state index contributed by atoms with van der Waals surface area (Å²) < 4.78 is 29.0. The van der Waals surface area contributed by atoms with Crippen LogP contribution in [0.1, 0.15) is 11.1 Å². The highest BCUT2D eigenvalue weighted by atomic mass is 32.1. The highest BCUT2D eigenvalue weighted by Gasteiger charge is 2.23. The molecular weight excluding hydrogens is 370 g/mol. The topological polar surface area (TPSA) is 69.8 Å². The van der Waals surface area contributed by atoms with E-state index in [-0.39, 0.29) is 16.4 Å². The molecule has 1 aliphatic heterocycles. The minimum atomic E-state index is -0.616. The number of hydrogen-bond donors (Lipinski definition) is 2. The number of nitrogens with one attached hydrogen (secondary N) is 1. The van der Waals surface area contributed by atoms with E-state index >= 15 is 0 Å². The second-order valence-corrected chi connectivity index (χ2v) is 6.63. The maximum absolute atomic E-state index is 14.5. The van der Waals surface area contributed by atoms with Crippen molar-refractivity contribution in [1.29, 1.82) is 0 Å². The summed E-state index contributed by atoms with van der Waals surface area (Å²) in [6, 6.07) is 6.43. The van der Waals surface area contributed by atoms with Gasteiger partial charge in [-0.05, 0) is 42.0 Å². The van der Waals surface area contributed by atoms with Crippen molar-refractivity contribution < 1.29 is 8.78 Å². The van der Waals surface area contributed by atoms with Gasteiger partial charge in [-0.25, -0.2) is 8.78 Å². The largest absolute Gasteiger partial charge is 0.375 e. The van der Waals surface area contributed by atoms with E-state index in [4.69, 9.17) is 5.73 Å². The fourth-order valence-electron chi connectivity index (χ4n) is 3.01. The van der Waals surface area contributed by atoms with Gasteiger partial charge in [-0.3, -0.25) is 15.3 Å². The van der Waals surface area contributed by atoms with Crippen LogP contribution in [0.3, 0.4) is 0 Å². The number of pyridine rings is 1. The van der Waals surface area contributed by atoms with Crippen molar-refractivity contribution in [2.75, 3.05) is 31.1 Å². The first-order chi connectivity index (χ1) is 13.0. The molecule has 27 heavy (non-hydrogen) atoms. The number of nitrogens with zero attached hydrogens (tertiary/aromatic N) is 4. The number of aromatic nitrogens is 1. The molecule has 0 aliphatic carbocycles. The van der Waals surface area contributed by atoms with Gasteiger partial charge in [0.05, 0.1) is 6.21 Å². The molecule has 2 aromatic rings. The molecule has 1 aliphatic rings. The van der Waals surface area contributed by atoms with Crippen LogP contribution in [0.15, 0.2) is 41.8 Å². The zero-order valence-electron chi connectivity index (χ0n) is 14.6. The predicted molar refractivity (Wildman–Crippen MR) is 106 cm³/mol. The Morgan fingerprint density at radius 1 is 1.19 bits per heavy atom. The minimum absolute atomic E-state index is 0.00184. The summed E-state index contributed by atoms with van der Waals surface area (Å²) in [7, 11) is 0. The molecule has 3 rings (SSSR count). The molecule has 2 heterocycles. The second-order valence-electron chi connectivity index (χ2n) is 6.19. The van der Waals surface area contributed by atoms with Crippen molar-refractivity contribution in [1.82, 2.24) is 15.3 Å². The Bertz CT molecular complexity index is 799. The van der Waals surface area contributed by atoms with E-state index < -0.39 is 11.6 Å².